The van der Waals surface area contributed by atoms with E-state index in [9.17, 15) is 9.59 Å². The quantitative estimate of drug-likeness (QED) is 0.299. The Bertz CT molecular complexity index is 229. The van der Waals surface area contributed by atoms with Crippen molar-refractivity contribution in [2.45, 2.75) is 6.92 Å². The predicted octanol–water partition coefficient (Wildman–Crippen LogP) is -0.636. The summed E-state index contributed by atoms with van der Waals surface area (Å²) in [6.07, 6.45) is 3.01. The Morgan fingerprint density at radius 3 is 2.73 bits per heavy atom. The van der Waals surface area contributed by atoms with Crippen molar-refractivity contribution in [1.29, 1.82) is 0 Å². The van der Waals surface area contributed by atoms with Gasteiger partial charge < -0.3 is 21.1 Å². The Morgan fingerprint density at radius 2 is 2.13 bits per heavy atom. The highest BCUT2D eigenvalue weighted by atomic mass is 16.5. The van der Waals surface area contributed by atoms with Crippen LogP contribution in [0.3, 0.4) is 0 Å². The number of nitrogens with one attached hydrogen (secondary N) is 2. The minimum Gasteiger partial charge on any atom is -0.463 e. The topological polar surface area (TPSA) is 93.4 Å². The zero-order valence-corrected chi connectivity index (χ0v) is 8.79. The van der Waals surface area contributed by atoms with Gasteiger partial charge in [0.25, 0.3) is 0 Å². The molecule has 0 aromatic heterocycles. The van der Waals surface area contributed by atoms with Crippen LogP contribution in [0.5, 0.6) is 0 Å². The molecule has 0 heterocycles. The number of esters is 1. The number of carbonyl (C=O) groups excluding carboxylic acids is 2. The molecule has 0 saturated heterocycles. The molecule has 0 unspecified atom stereocenters. The van der Waals surface area contributed by atoms with E-state index in [4.69, 9.17) is 5.73 Å². The van der Waals surface area contributed by atoms with Crippen LogP contribution in [0.15, 0.2) is 12.2 Å². The number of urea groups is 1. The van der Waals surface area contributed by atoms with E-state index < -0.39 is 6.03 Å². The summed E-state index contributed by atoms with van der Waals surface area (Å²) in [5.41, 5.74) is 4.85. The lowest BCUT2D eigenvalue weighted by Crippen LogP contribution is -2.35. The van der Waals surface area contributed by atoms with Crippen LogP contribution in [0, 0.1) is 0 Å². The molecule has 0 aliphatic carbocycles. The third-order valence-corrected chi connectivity index (χ3v) is 1.40. The number of carbonyl (C=O) groups is 2. The maximum Gasteiger partial charge on any atom is 0.330 e. The first-order valence-corrected chi connectivity index (χ1v) is 4.74. The van der Waals surface area contributed by atoms with Crippen molar-refractivity contribution < 1.29 is 14.3 Å². The van der Waals surface area contributed by atoms with Crippen molar-refractivity contribution in [3.05, 3.63) is 12.2 Å². The molecule has 2 amide bonds. The van der Waals surface area contributed by atoms with Crippen LogP contribution in [0.4, 0.5) is 4.79 Å². The normalized spacial score (nSPS) is 10.2. The highest BCUT2D eigenvalue weighted by Gasteiger charge is 1.92. The molecule has 6 nitrogen and oxygen atoms in total. The maximum atomic E-state index is 10.8. The fraction of sp³-hybridized carbons (Fsp3) is 0.556. The van der Waals surface area contributed by atoms with E-state index in [1.807, 2.05) is 0 Å². The standard InChI is InChI=1S/C9H17N3O3/c1-2-15-8(13)4-3-5-11-6-7-12-9(10)14/h3-4,11H,2,5-7H2,1H3,(H3,10,12,14)/b4-3+. The number of hydrogen-bond acceptors (Lipinski definition) is 4. The predicted molar refractivity (Wildman–Crippen MR) is 56.2 cm³/mol. The van der Waals surface area contributed by atoms with Gasteiger partial charge in [-0.3, -0.25) is 0 Å². The molecule has 15 heavy (non-hydrogen) atoms. The van der Waals surface area contributed by atoms with Crippen molar-refractivity contribution in [3.63, 3.8) is 0 Å². The Hall–Kier alpha value is -1.56. The molecular weight excluding hydrogens is 198 g/mol. The number of primary amides is 1. The van der Waals surface area contributed by atoms with Gasteiger partial charge in [0.1, 0.15) is 0 Å². The lowest BCUT2D eigenvalue weighted by atomic mass is 10.4. The lowest BCUT2D eigenvalue weighted by molar-refractivity contribution is -0.137. The number of amides is 2. The first kappa shape index (κ1) is 13.4. The molecule has 4 N–H and O–H groups in total. The zero-order chi connectivity index (χ0) is 11.5. The smallest absolute Gasteiger partial charge is 0.330 e. The molecular formula is C9H17N3O3. The van der Waals surface area contributed by atoms with Crippen LogP contribution < -0.4 is 16.4 Å². The third kappa shape index (κ3) is 10.4. The van der Waals surface area contributed by atoms with Gasteiger partial charge in [-0.05, 0) is 6.92 Å². The van der Waals surface area contributed by atoms with Crippen molar-refractivity contribution in [2.75, 3.05) is 26.2 Å². The van der Waals surface area contributed by atoms with E-state index in [0.29, 0.717) is 26.2 Å². The molecule has 0 saturated carbocycles. The molecule has 6 heteroatoms. The van der Waals surface area contributed by atoms with E-state index in [1.54, 1.807) is 13.0 Å². The SMILES string of the molecule is CCOC(=O)/C=C/CNCCNC(N)=O. The van der Waals surface area contributed by atoms with Crippen LogP contribution in [0.25, 0.3) is 0 Å². The summed E-state index contributed by atoms with van der Waals surface area (Å²) in [5, 5.41) is 5.40. The first-order chi connectivity index (χ1) is 7.16. The highest BCUT2D eigenvalue weighted by molar-refractivity contribution is 5.81. The number of rotatable bonds is 7. The molecule has 0 aromatic carbocycles. The second kappa shape index (κ2) is 9.01. The molecule has 0 aromatic rings. The molecule has 0 aliphatic rings. The fourth-order valence-electron chi connectivity index (χ4n) is 0.805. The van der Waals surface area contributed by atoms with Gasteiger partial charge in [0.15, 0.2) is 0 Å². The second-order valence-corrected chi connectivity index (χ2v) is 2.65. The largest absolute Gasteiger partial charge is 0.463 e. The monoisotopic (exact) mass is 215 g/mol. The van der Waals surface area contributed by atoms with Crippen LogP contribution >= 0.6 is 0 Å². The summed E-state index contributed by atoms with van der Waals surface area (Å²) in [5.74, 6) is -0.352. The van der Waals surface area contributed by atoms with Crippen LogP contribution in [-0.2, 0) is 9.53 Å². The first-order valence-electron chi connectivity index (χ1n) is 4.74. The molecule has 0 atom stereocenters. The van der Waals surface area contributed by atoms with Gasteiger partial charge in [0.05, 0.1) is 6.61 Å². The molecule has 0 rings (SSSR count). The van der Waals surface area contributed by atoms with E-state index in [-0.39, 0.29) is 5.97 Å². The Kier molecular flexibility index (Phi) is 8.08. The van der Waals surface area contributed by atoms with Gasteiger partial charge in [-0.25, -0.2) is 9.59 Å². The Morgan fingerprint density at radius 1 is 1.40 bits per heavy atom. The molecule has 0 fully saturated rings. The fourth-order valence-corrected chi connectivity index (χ4v) is 0.805. The van der Waals surface area contributed by atoms with Gasteiger partial charge in [-0.15, -0.1) is 0 Å². The van der Waals surface area contributed by atoms with E-state index in [2.05, 4.69) is 15.4 Å². The Labute approximate surface area is 88.8 Å². The minimum atomic E-state index is -0.543. The van der Waals surface area contributed by atoms with Gasteiger partial charge in [0.2, 0.25) is 0 Å². The van der Waals surface area contributed by atoms with Crippen LogP contribution in [0.1, 0.15) is 6.92 Å². The third-order valence-electron chi connectivity index (χ3n) is 1.40. The maximum absolute atomic E-state index is 10.8. The van der Waals surface area contributed by atoms with E-state index >= 15 is 0 Å². The average Bonchev–Trinajstić information content (AvgIpc) is 2.16. The van der Waals surface area contributed by atoms with Crippen molar-refractivity contribution in [3.8, 4) is 0 Å². The average molecular weight is 215 g/mol. The van der Waals surface area contributed by atoms with Crippen LogP contribution in [0.2, 0.25) is 0 Å². The number of hydrogen-bond donors (Lipinski definition) is 3. The van der Waals surface area contributed by atoms with Crippen molar-refractivity contribution in [2.24, 2.45) is 5.73 Å². The number of ether oxygens (including phenoxy) is 1. The summed E-state index contributed by atoms with van der Waals surface area (Å²) < 4.78 is 4.67. The van der Waals surface area contributed by atoms with Gasteiger partial charge in [-0.2, -0.15) is 0 Å². The molecule has 86 valence electrons. The summed E-state index contributed by atoms with van der Waals surface area (Å²) in [6.45, 7) is 3.72. The number of nitrogens with two attached hydrogens (primary N) is 1. The highest BCUT2D eigenvalue weighted by Crippen LogP contribution is 1.79. The molecule has 0 spiro atoms. The van der Waals surface area contributed by atoms with Gasteiger partial charge in [0, 0.05) is 25.7 Å². The second-order valence-electron chi connectivity index (χ2n) is 2.65. The van der Waals surface area contributed by atoms with Gasteiger partial charge >= 0.3 is 12.0 Å². The lowest BCUT2D eigenvalue weighted by Gasteiger charge is -2.01. The summed E-state index contributed by atoms with van der Waals surface area (Å²) in [4.78, 5) is 21.1. The van der Waals surface area contributed by atoms with E-state index in [0.717, 1.165) is 0 Å². The summed E-state index contributed by atoms with van der Waals surface area (Å²) in [6, 6.07) is -0.543. The summed E-state index contributed by atoms with van der Waals surface area (Å²) >= 11 is 0. The molecule has 0 radical (unpaired) electrons. The molecule has 0 aliphatic heterocycles. The van der Waals surface area contributed by atoms with Crippen LogP contribution in [-0.4, -0.2) is 38.2 Å². The van der Waals surface area contributed by atoms with Gasteiger partial charge in [-0.1, -0.05) is 6.08 Å². The van der Waals surface area contributed by atoms with Crippen molar-refractivity contribution >= 4 is 12.0 Å². The van der Waals surface area contributed by atoms with Crippen molar-refractivity contribution in [1.82, 2.24) is 10.6 Å². The Balaban J connectivity index is 3.30. The summed E-state index contributed by atoms with van der Waals surface area (Å²) in [7, 11) is 0. The molecule has 0 bridgehead atoms. The zero-order valence-electron chi connectivity index (χ0n) is 8.79. The minimum absolute atomic E-state index is 0.352. The van der Waals surface area contributed by atoms with E-state index in [1.165, 1.54) is 6.08 Å².